The van der Waals surface area contributed by atoms with Crippen LogP contribution < -0.4 is 4.72 Å². The highest BCUT2D eigenvalue weighted by Crippen LogP contribution is 2.52. The molecule has 15 heteroatoms. The van der Waals surface area contributed by atoms with Crippen molar-refractivity contribution in [2.45, 2.75) is 75.4 Å². The molecule has 4 aliphatic rings. The van der Waals surface area contributed by atoms with E-state index in [4.69, 9.17) is 23.2 Å². The van der Waals surface area contributed by atoms with Gasteiger partial charge in [-0.25, -0.2) is 18.0 Å². The van der Waals surface area contributed by atoms with E-state index in [-0.39, 0.29) is 63.3 Å². The number of anilines is 1. The van der Waals surface area contributed by atoms with Crippen molar-refractivity contribution in [3.63, 3.8) is 0 Å². The molecule has 6 rings (SSSR count). The van der Waals surface area contributed by atoms with Crippen LogP contribution in [0.25, 0.3) is 0 Å². The summed E-state index contributed by atoms with van der Waals surface area (Å²) in [6.07, 6.45) is 5.70. The number of hydrogen-bond donors (Lipinski definition) is 3. The molecule has 53 heavy (non-hydrogen) atoms. The van der Waals surface area contributed by atoms with E-state index < -0.39 is 27.4 Å². The van der Waals surface area contributed by atoms with E-state index in [1.54, 1.807) is 42.3 Å². The number of amides is 1. The molecule has 0 aliphatic carbocycles. The fourth-order valence-corrected chi connectivity index (χ4v) is 10.5. The summed E-state index contributed by atoms with van der Waals surface area (Å²) in [5, 5.41) is 22.0. The summed E-state index contributed by atoms with van der Waals surface area (Å²) in [5.74, 6) is -3.04. The minimum atomic E-state index is -3.62. The summed E-state index contributed by atoms with van der Waals surface area (Å²) in [6.45, 7) is 3.93. The van der Waals surface area contributed by atoms with Gasteiger partial charge in [-0.1, -0.05) is 47.5 Å². The Morgan fingerprint density at radius 2 is 1.40 bits per heavy atom. The molecule has 0 saturated carbocycles. The normalized spacial score (nSPS) is 25.6. The van der Waals surface area contributed by atoms with Gasteiger partial charge in [-0.3, -0.25) is 14.4 Å². The highest BCUT2D eigenvalue weighted by atomic mass is 35.5. The number of para-hydroxylation sites is 1. The zero-order valence-electron chi connectivity index (χ0n) is 30.4. The molecular weight excluding hydrogens is 741 g/mol. The van der Waals surface area contributed by atoms with Crippen LogP contribution >= 0.6 is 23.2 Å². The number of carbonyl (C=O) groups is 3. The van der Waals surface area contributed by atoms with Crippen molar-refractivity contribution in [2.75, 3.05) is 51.3 Å². The van der Waals surface area contributed by atoms with E-state index in [0.717, 1.165) is 32.2 Å². The average Bonchev–Trinajstić information content (AvgIpc) is 3.27. The lowest BCUT2D eigenvalue weighted by Gasteiger charge is -2.46. The highest BCUT2D eigenvalue weighted by Gasteiger charge is 2.52. The van der Waals surface area contributed by atoms with Crippen LogP contribution in [0.4, 0.5) is 5.69 Å². The van der Waals surface area contributed by atoms with Crippen LogP contribution in [0.15, 0.2) is 65.0 Å². The number of piperidine rings is 1. The van der Waals surface area contributed by atoms with Gasteiger partial charge in [0.2, 0.25) is 15.9 Å². The van der Waals surface area contributed by atoms with Crippen molar-refractivity contribution < 1.29 is 33.0 Å². The van der Waals surface area contributed by atoms with Crippen molar-refractivity contribution in [3.8, 4) is 0 Å². The van der Waals surface area contributed by atoms with Crippen molar-refractivity contribution in [1.29, 1.82) is 0 Å². The molecule has 3 atom stereocenters. The average molecular weight is 789 g/mol. The van der Waals surface area contributed by atoms with Gasteiger partial charge in [0.1, 0.15) is 0 Å². The molecule has 1 amide bonds. The Hall–Kier alpha value is -3.62. The second-order valence-electron chi connectivity index (χ2n) is 14.8. The third-order valence-corrected chi connectivity index (χ3v) is 13.0. The predicted molar refractivity (Wildman–Crippen MR) is 204 cm³/mol. The van der Waals surface area contributed by atoms with Crippen LogP contribution in [0.5, 0.6) is 0 Å². The summed E-state index contributed by atoms with van der Waals surface area (Å²) in [6, 6.07) is 13.1. The van der Waals surface area contributed by atoms with Crippen molar-refractivity contribution in [2.24, 2.45) is 0 Å². The molecule has 4 heterocycles. The van der Waals surface area contributed by atoms with Gasteiger partial charge in [0, 0.05) is 78.4 Å². The van der Waals surface area contributed by atoms with Crippen LogP contribution in [0.1, 0.15) is 56.6 Å². The molecule has 286 valence electrons. The monoisotopic (exact) mass is 787 g/mol. The number of aliphatic carboxylic acids is 2. The van der Waals surface area contributed by atoms with Crippen molar-refractivity contribution in [3.05, 3.63) is 86.2 Å². The van der Waals surface area contributed by atoms with Crippen molar-refractivity contribution >= 4 is 56.8 Å². The summed E-state index contributed by atoms with van der Waals surface area (Å²) in [5.41, 5.74) is -1.01. The van der Waals surface area contributed by atoms with Gasteiger partial charge < -0.3 is 24.9 Å². The maximum absolute atomic E-state index is 14.2. The number of carboxylic acid groups (broad SMARTS) is 2. The lowest BCUT2D eigenvalue weighted by molar-refractivity contribution is -0.134. The number of aryl methyl sites for hydroxylation is 1. The summed E-state index contributed by atoms with van der Waals surface area (Å²) < 4.78 is 26.8. The third kappa shape index (κ3) is 7.68. The molecular formula is C38H47Cl2N5O7S. The molecule has 12 nitrogen and oxygen atoms in total. The van der Waals surface area contributed by atoms with Crippen LogP contribution in [-0.4, -0.2) is 121 Å². The topological polar surface area (TPSA) is 151 Å². The first-order valence-electron chi connectivity index (χ1n) is 17.9. The lowest BCUT2D eigenvalue weighted by atomic mass is 9.66. The first kappa shape index (κ1) is 39.1. The molecule has 2 bridgehead atoms. The number of allylic oxidation sites excluding steroid dienone is 1. The fraction of sp³-hybridized carbons (Fsp3) is 0.500. The Morgan fingerprint density at radius 3 is 1.96 bits per heavy atom. The Morgan fingerprint density at radius 1 is 0.830 bits per heavy atom. The molecule has 3 saturated heterocycles. The van der Waals surface area contributed by atoms with Crippen molar-refractivity contribution in [1.82, 2.24) is 19.6 Å². The minimum absolute atomic E-state index is 0.0556. The first-order valence-corrected chi connectivity index (χ1v) is 20.6. The number of nitrogens with one attached hydrogen (secondary N) is 1. The molecule has 4 aliphatic heterocycles. The molecule has 2 aromatic carbocycles. The second-order valence-corrected chi connectivity index (χ2v) is 17.4. The maximum atomic E-state index is 14.2. The lowest BCUT2D eigenvalue weighted by Crippen LogP contribution is -2.56. The van der Waals surface area contributed by atoms with Gasteiger partial charge in [-0.05, 0) is 76.3 Å². The number of rotatable bonds is 11. The molecule has 2 aromatic rings. The highest BCUT2D eigenvalue weighted by molar-refractivity contribution is 7.92. The molecule has 3 fully saturated rings. The smallest absolute Gasteiger partial charge is 0.334 e. The molecule has 0 radical (unpaired) electrons. The SMILES string of the molecule is CN1C(CCc2ccccc2NS(C)(=O)=O)=C(C(=O)O)C(C)(c2c(Cl)cccc2Cl)C(C(=O)O)=C1CC(=O)N1CCN(C2CC3CCC(C2)N3C)CC1. The van der Waals surface area contributed by atoms with E-state index in [0.29, 0.717) is 42.5 Å². The predicted octanol–water partition coefficient (Wildman–Crippen LogP) is 5.04. The third-order valence-electron chi connectivity index (χ3n) is 11.8. The Balaban J connectivity index is 1.35. The Kier molecular flexibility index (Phi) is 11.2. The van der Waals surface area contributed by atoms with Crippen LogP contribution in [-0.2, 0) is 36.2 Å². The number of piperazine rings is 1. The van der Waals surface area contributed by atoms with Gasteiger partial charge >= 0.3 is 11.9 Å². The molecule has 0 spiro atoms. The van der Waals surface area contributed by atoms with Crippen LogP contribution in [0.3, 0.4) is 0 Å². The van der Waals surface area contributed by atoms with Gasteiger partial charge in [0.15, 0.2) is 0 Å². The van der Waals surface area contributed by atoms with E-state index in [9.17, 15) is 33.0 Å². The minimum Gasteiger partial charge on any atom is -0.478 e. The number of carboxylic acids is 2. The van der Waals surface area contributed by atoms with Crippen LogP contribution in [0.2, 0.25) is 10.0 Å². The fourth-order valence-electron chi connectivity index (χ4n) is 9.16. The van der Waals surface area contributed by atoms with Crippen LogP contribution in [0, 0.1) is 0 Å². The van der Waals surface area contributed by atoms with E-state index in [2.05, 4.69) is 21.6 Å². The van der Waals surface area contributed by atoms with Gasteiger partial charge in [-0.15, -0.1) is 0 Å². The number of carbonyl (C=O) groups excluding carboxylic acids is 1. The van der Waals surface area contributed by atoms with Gasteiger partial charge in [-0.2, -0.15) is 0 Å². The summed E-state index contributed by atoms with van der Waals surface area (Å²) >= 11 is 13.5. The summed E-state index contributed by atoms with van der Waals surface area (Å²) in [4.78, 5) is 49.3. The van der Waals surface area contributed by atoms with E-state index >= 15 is 0 Å². The standard InChI is InChI=1S/C38H47Cl2N5O7S/c1-38(33-27(39)9-7-10-28(33)40)34(36(47)48)30(15-12-23-8-5-6-11-29(23)41-53(4,51)52)43(3)31(35(38)37(49)50)22-32(46)45-18-16-44(17-19-45)26-20-24-13-14-25(21-26)42(24)2/h5-11,24-26,41H,12-22H2,1-4H3,(H,47,48)(H,49,50). The summed E-state index contributed by atoms with van der Waals surface area (Å²) in [7, 11) is 0.172. The number of nitrogens with zero attached hydrogens (tertiary/aromatic N) is 4. The Bertz CT molecular complexity index is 1950. The zero-order chi connectivity index (χ0) is 38.4. The Labute approximate surface area is 321 Å². The van der Waals surface area contributed by atoms with E-state index in [1.807, 2.05) is 0 Å². The van der Waals surface area contributed by atoms with E-state index in [1.165, 1.54) is 36.8 Å². The second kappa shape index (κ2) is 15.3. The van der Waals surface area contributed by atoms with Gasteiger partial charge in [0.05, 0.1) is 34.9 Å². The number of fused-ring (bicyclic) bond motifs is 2. The first-order chi connectivity index (χ1) is 25.0. The number of hydrogen-bond acceptors (Lipinski definition) is 8. The quantitative estimate of drug-likeness (QED) is 0.283. The molecule has 3 unspecified atom stereocenters. The molecule has 0 aromatic heterocycles. The maximum Gasteiger partial charge on any atom is 0.334 e. The number of halogens is 2. The number of benzene rings is 2. The zero-order valence-corrected chi connectivity index (χ0v) is 32.8. The van der Waals surface area contributed by atoms with Gasteiger partial charge in [0.25, 0.3) is 0 Å². The largest absolute Gasteiger partial charge is 0.478 e. The number of sulfonamides is 1. The molecule has 3 N–H and O–H groups in total.